The van der Waals surface area contributed by atoms with Crippen molar-refractivity contribution in [1.29, 1.82) is 0 Å². The van der Waals surface area contributed by atoms with E-state index in [-0.39, 0.29) is 5.91 Å². The lowest BCUT2D eigenvalue weighted by molar-refractivity contribution is 0.0683. The molecule has 1 aliphatic rings. The number of ether oxygens (including phenoxy) is 4. The summed E-state index contributed by atoms with van der Waals surface area (Å²) in [7, 11) is 4.66. The maximum Gasteiger partial charge on any atom is 0.257 e. The number of benzene rings is 2. The first kappa shape index (κ1) is 22.8. The predicted molar refractivity (Wildman–Crippen MR) is 121 cm³/mol. The number of hydrogen-bond donors (Lipinski definition) is 0. The summed E-state index contributed by atoms with van der Waals surface area (Å²) in [5.41, 5.74) is 1.84. The lowest BCUT2D eigenvalue weighted by Crippen LogP contribution is -2.38. The van der Waals surface area contributed by atoms with E-state index in [4.69, 9.17) is 18.9 Å². The monoisotopic (exact) mass is 427 g/mol. The fourth-order valence-corrected chi connectivity index (χ4v) is 4.15. The van der Waals surface area contributed by atoms with Crippen LogP contribution >= 0.6 is 0 Å². The van der Waals surface area contributed by atoms with Gasteiger partial charge in [-0.15, -0.1) is 0 Å². The minimum Gasteiger partial charge on any atom is -0.494 e. The Morgan fingerprint density at radius 3 is 2.19 bits per heavy atom. The third kappa shape index (κ3) is 5.43. The summed E-state index contributed by atoms with van der Waals surface area (Å²) in [6.45, 7) is 4.19. The topological polar surface area (TPSA) is 57.2 Å². The smallest absolute Gasteiger partial charge is 0.257 e. The van der Waals surface area contributed by atoms with Gasteiger partial charge in [0.05, 0.1) is 33.5 Å². The molecule has 1 saturated heterocycles. The van der Waals surface area contributed by atoms with Gasteiger partial charge in [-0.25, -0.2) is 0 Å². The Hall–Kier alpha value is -2.89. The van der Waals surface area contributed by atoms with E-state index in [9.17, 15) is 4.79 Å². The molecule has 1 heterocycles. The molecule has 1 aliphatic heterocycles. The fraction of sp³-hybridized carbons (Fsp3) is 0.480. The Morgan fingerprint density at radius 1 is 0.935 bits per heavy atom. The molecule has 0 atom stereocenters. The van der Waals surface area contributed by atoms with E-state index in [2.05, 4.69) is 12.1 Å². The van der Waals surface area contributed by atoms with Crippen LogP contribution in [0.2, 0.25) is 0 Å². The maximum absolute atomic E-state index is 13.2. The minimum atomic E-state index is -0.0252. The molecule has 0 spiro atoms. The van der Waals surface area contributed by atoms with Crippen molar-refractivity contribution in [2.45, 2.75) is 32.6 Å². The number of aryl methyl sites for hydroxylation is 1. The number of amides is 1. The van der Waals surface area contributed by atoms with E-state index >= 15 is 0 Å². The second-order valence-corrected chi connectivity index (χ2v) is 7.73. The van der Waals surface area contributed by atoms with Gasteiger partial charge in [-0.1, -0.05) is 12.1 Å². The number of likely N-dealkylation sites (tertiary alicyclic amines) is 1. The SMILES string of the molecule is CCOc1ccc(CCC2CCN(C(=O)c3ccc(OC)c(OC)c3OC)CC2)cc1. The van der Waals surface area contributed by atoms with Crippen molar-refractivity contribution < 1.29 is 23.7 Å². The highest BCUT2D eigenvalue weighted by atomic mass is 16.5. The van der Waals surface area contributed by atoms with Crippen molar-refractivity contribution in [3.8, 4) is 23.0 Å². The van der Waals surface area contributed by atoms with Crippen LogP contribution in [-0.4, -0.2) is 51.8 Å². The van der Waals surface area contributed by atoms with Gasteiger partial charge >= 0.3 is 0 Å². The number of hydrogen-bond acceptors (Lipinski definition) is 5. The van der Waals surface area contributed by atoms with E-state index in [0.29, 0.717) is 35.3 Å². The van der Waals surface area contributed by atoms with Gasteiger partial charge < -0.3 is 23.8 Å². The van der Waals surface area contributed by atoms with Gasteiger partial charge in [0.25, 0.3) is 5.91 Å². The van der Waals surface area contributed by atoms with Crippen LogP contribution < -0.4 is 18.9 Å². The number of piperidine rings is 1. The van der Waals surface area contributed by atoms with Gasteiger partial charge in [-0.05, 0) is 68.4 Å². The summed E-state index contributed by atoms with van der Waals surface area (Å²) in [5.74, 6) is 2.93. The van der Waals surface area contributed by atoms with E-state index < -0.39 is 0 Å². The average Bonchev–Trinajstić information content (AvgIpc) is 2.82. The van der Waals surface area contributed by atoms with Crippen LogP contribution in [-0.2, 0) is 6.42 Å². The summed E-state index contributed by atoms with van der Waals surface area (Å²) in [4.78, 5) is 15.1. The van der Waals surface area contributed by atoms with Gasteiger partial charge in [0.1, 0.15) is 5.75 Å². The Labute approximate surface area is 185 Å². The molecule has 0 bridgehead atoms. The third-order valence-electron chi connectivity index (χ3n) is 5.91. The highest BCUT2D eigenvalue weighted by Crippen LogP contribution is 2.40. The predicted octanol–water partition coefficient (Wildman–Crippen LogP) is 4.60. The first-order valence-corrected chi connectivity index (χ1v) is 10.9. The Kier molecular flexibility index (Phi) is 8.04. The van der Waals surface area contributed by atoms with Gasteiger partial charge in [0.15, 0.2) is 11.5 Å². The highest BCUT2D eigenvalue weighted by Gasteiger charge is 2.27. The molecule has 1 fully saturated rings. The lowest BCUT2D eigenvalue weighted by atomic mass is 9.90. The van der Waals surface area contributed by atoms with E-state index in [1.807, 2.05) is 24.0 Å². The van der Waals surface area contributed by atoms with Crippen molar-refractivity contribution in [3.63, 3.8) is 0 Å². The molecule has 0 unspecified atom stereocenters. The first-order valence-electron chi connectivity index (χ1n) is 10.9. The molecule has 31 heavy (non-hydrogen) atoms. The van der Waals surface area contributed by atoms with Crippen LogP contribution in [0.3, 0.4) is 0 Å². The van der Waals surface area contributed by atoms with Crippen LogP contribution in [0.1, 0.15) is 42.1 Å². The number of methoxy groups -OCH3 is 3. The summed E-state index contributed by atoms with van der Waals surface area (Å²) < 4.78 is 21.7. The van der Waals surface area contributed by atoms with E-state index in [1.54, 1.807) is 33.5 Å². The van der Waals surface area contributed by atoms with Crippen molar-refractivity contribution in [1.82, 2.24) is 4.90 Å². The second kappa shape index (κ2) is 10.9. The Morgan fingerprint density at radius 2 is 1.61 bits per heavy atom. The summed E-state index contributed by atoms with van der Waals surface area (Å²) in [6.07, 6.45) is 4.21. The van der Waals surface area contributed by atoms with Crippen molar-refractivity contribution >= 4 is 5.91 Å². The van der Waals surface area contributed by atoms with Crippen LogP contribution in [0.25, 0.3) is 0 Å². The Bertz CT molecular complexity index is 857. The maximum atomic E-state index is 13.2. The van der Waals surface area contributed by atoms with Gasteiger partial charge in [0.2, 0.25) is 5.75 Å². The van der Waals surface area contributed by atoms with Crippen molar-refractivity contribution in [3.05, 3.63) is 47.5 Å². The van der Waals surface area contributed by atoms with Crippen LogP contribution in [0.15, 0.2) is 36.4 Å². The number of nitrogens with zero attached hydrogens (tertiary/aromatic N) is 1. The van der Waals surface area contributed by atoms with Gasteiger partial charge in [-0.2, -0.15) is 0 Å². The number of rotatable bonds is 9. The van der Waals surface area contributed by atoms with Crippen molar-refractivity contribution in [2.24, 2.45) is 5.92 Å². The summed E-state index contributed by atoms with van der Waals surface area (Å²) in [6, 6.07) is 11.9. The molecule has 0 aromatic heterocycles. The molecule has 3 rings (SSSR count). The molecular formula is C25H33NO5. The Balaban J connectivity index is 1.56. The summed E-state index contributed by atoms with van der Waals surface area (Å²) in [5, 5.41) is 0. The quantitative estimate of drug-likeness (QED) is 0.586. The van der Waals surface area contributed by atoms with Crippen LogP contribution in [0.4, 0.5) is 0 Å². The molecule has 0 radical (unpaired) electrons. The number of carbonyl (C=O) groups is 1. The summed E-state index contributed by atoms with van der Waals surface area (Å²) >= 11 is 0. The molecule has 168 valence electrons. The first-order chi connectivity index (χ1) is 15.1. The standard InChI is InChI=1S/C25H33NO5/c1-5-31-20-10-8-18(9-11-20)6-7-19-14-16-26(17-15-19)25(27)21-12-13-22(28-2)24(30-4)23(21)29-3/h8-13,19H,5-7,14-17H2,1-4H3. The molecule has 2 aromatic rings. The zero-order chi connectivity index (χ0) is 22.2. The molecule has 0 N–H and O–H groups in total. The normalized spacial score (nSPS) is 14.3. The molecule has 6 heteroatoms. The largest absolute Gasteiger partial charge is 0.494 e. The molecule has 1 amide bonds. The van der Waals surface area contributed by atoms with E-state index in [1.165, 1.54) is 5.56 Å². The van der Waals surface area contributed by atoms with Crippen molar-refractivity contribution in [2.75, 3.05) is 41.0 Å². The van der Waals surface area contributed by atoms with E-state index in [0.717, 1.165) is 44.5 Å². The molecule has 2 aromatic carbocycles. The molecule has 6 nitrogen and oxygen atoms in total. The molecule has 0 saturated carbocycles. The van der Waals surface area contributed by atoms with Gasteiger partial charge in [-0.3, -0.25) is 4.79 Å². The lowest BCUT2D eigenvalue weighted by Gasteiger charge is -2.32. The fourth-order valence-electron chi connectivity index (χ4n) is 4.15. The second-order valence-electron chi connectivity index (χ2n) is 7.73. The van der Waals surface area contributed by atoms with Crippen LogP contribution in [0.5, 0.6) is 23.0 Å². The van der Waals surface area contributed by atoms with Gasteiger partial charge in [0, 0.05) is 13.1 Å². The molecule has 0 aliphatic carbocycles. The minimum absolute atomic E-state index is 0.0252. The highest BCUT2D eigenvalue weighted by molar-refractivity contribution is 5.98. The zero-order valence-corrected chi connectivity index (χ0v) is 19.0. The van der Waals surface area contributed by atoms with Crippen LogP contribution in [0, 0.1) is 5.92 Å². The molecular weight excluding hydrogens is 394 g/mol. The number of carbonyl (C=O) groups excluding carboxylic acids is 1. The third-order valence-corrected chi connectivity index (χ3v) is 5.91. The zero-order valence-electron chi connectivity index (χ0n) is 19.0. The average molecular weight is 428 g/mol.